The van der Waals surface area contributed by atoms with Gasteiger partial charge < -0.3 is 9.84 Å². The van der Waals surface area contributed by atoms with Gasteiger partial charge in [-0.15, -0.1) is 0 Å². The minimum atomic E-state index is -1.64. The lowest BCUT2D eigenvalue weighted by molar-refractivity contribution is -0.105. The van der Waals surface area contributed by atoms with E-state index in [1.807, 2.05) is 19.1 Å². The van der Waals surface area contributed by atoms with Crippen molar-refractivity contribution < 1.29 is 9.84 Å². The third-order valence-corrected chi connectivity index (χ3v) is 7.27. The SMILES string of the molecule is C[C@@H]1CC([Si](C)(C)c2ccccc2)=C[C@H](O)O1. The molecular weight excluding hydrogens is 228 g/mol. The van der Waals surface area contributed by atoms with Crippen LogP contribution in [-0.2, 0) is 4.74 Å². The summed E-state index contributed by atoms with van der Waals surface area (Å²) in [7, 11) is -1.64. The van der Waals surface area contributed by atoms with Crippen LogP contribution in [0.1, 0.15) is 13.3 Å². The van der Waals surface area contributed by atoms with E-state index in [0.717, 1.165) is 6.42 Å². The van der Waals surface area contributed by atoms with E-state index in [-0.39, 0.29) is 6.10 Å². The van der Waals surface area contributed by atoms with Gasteiger partial charge in [0.25, 0.3) is 0 Å². The van der Waals surface area contributed by atoms with Crippen LogP contribution in [-0.4, -0.2) is 25.6 Å². The molecule has 1 aliphatic rings. The molecule has 3 heteroatoms. The van der Waals surface area contributed by atoms with Crippen molar-refractivity contribution in [2.24, 2.45) is 0 Å². The predicted octanol–water partition coefficient (Wildman–Crippen LogP) is 2.19. The van der Waals surface area contributed by atoms with Gasteiger partial charge in [-0.25, -0.2) is 0 Å². The Kier molecular flexibility index (Phi) is 3.52. The van der Waals surface area contributed by atoms with Crippen LogP contribution >= 0.6 is 0 Å². The number of benzene rings is 1. The fourth-order valence-corrected chi connectivity index (χ4v) is 5.13. The van der Waals surface area contributed by atoms with Crippen molar-refractivity contribution >= 4 is 13.3 Å². The number of ether oxygens (including phenoxy) is 1. The summed E-state index contributed by atoms with van der Waals surface area (Å²) in [5, 5.41) is 12.5. The number of hydrogen-bond acceptors (Lipinski definition) is 2. The lowest BCUT2D eigenvalue weighted by Crippen LogP contribution is -2.46. The Hall–Kier alpha value is -0.903. The molecule has 2 rings (SSSR count). The predicted molar refractivity (Wildman–Crippen MR) is 72.8 cm³/mol. The van der Waals surface area contributed by atoms with Crippen LogP contribution in [0.4, 0.5) is 0 Å². The highest BCUT2D eigenvalue weighted by molar-refractivity contribution is 6.95. The first-order chi connectivity index (χ1) is 8.00. The summed E-state index contributed by atoms with van der Waals surface area (Å²) >= 11 is 0. The van der Waals surface area contributed by atoms with E-state index in [9.17, 15) is 5.11 Å². The first-order valence-electron chi connectivity index (χ1n) is 6.10. The van der Waals surface area contributed by atoms with E-state index in [1.54, 1.807) is 0 Å². The lowest BCUT2D eigenvalue weighted by atomic mass is 10.2. The van der Waals surface area contributed by atoms with Crippen molar-refractivity contribution in [2.75, 3.05) is 0 Å². The Morgan fingerprint density at radius 2 is 1.88 bits per heavy atom. The number of aliphatic hydroxyl groups is 1. The molecule has 92 valence electrons. The number of hydrogen-bond donors (Lipinski definition) is 1. The van der Waals surface area contributed by atoms with E-state index >= 15 is 0 Å². The van der Waals surface area contributed by atoms with Crippen LogP contribution in [0.25, 0.3) is 0 Å². The molecule has 2 nitrogen and oxygen atoms in total. The van der Waals surface area contributed by atoms with Gasteiger partial charge >= 0.3 is 0 Å². The molecule has 1 aromatic rings. The minimum Gasteiger partial charge on any atom is -0.365 e. The van der Waals surface area contributed by atoms with Gasteiger partial charge in [0.2, 0.25) is 0 Å². The van der Waals surface area contributed by atoms with Gasteiger partial charge in [0.05, 0.1) is 6.10 Å². The summed E-state index contributed by atoms with van der Waals surface area (Å²) in [4.78, 5) is 0. The summed E-state index contributed by atoms with van der Waals surface area (Å²) in [5.74, 6) is 0. The molecule has 0 fully saturated rings. The third-order valence-electron chi connectivity index (χ3n) is 3.52. The molecule has 2 atom stereocenters. The van der Waals surface area contributed by atoms with Gasteiger partial charge in [-0.2, -0.15) is 0 Å². The average molecular weight is 248 g/mol. The quantitative estimate of drug-likeness (QED) is 0.813. The normalized spacial score (nSPS) is 25.5. The van der Waals surface area contributed by atoms with Crippen molar-refractivity contribution in [3.05, 3.63) is 41.6 Å². The van der Waals surface area contributed by atoms with E-state index < -0.39 is 14.4 Å². The highest BCUT2D eigenvalue weighted by Crippen LogP contribution is 2.26. The highest BCUT2D eigenvalue weighted by Gasteiger charge is 2.32. The Labute approximate surface area is 104 Å². The van der Waals surface area contributed by atoms with Gasteiger partial charge in [-0.1, -0.05) is 53.8 Å². The molecule has 0 saturated heterocycles. The van der Waals surface area contributed by atoms with Crippen molar-refractivity contribution in [3.8, 4) is 0 Å². The topological polar surface area (TPSA) is 29.5 Å². The van der Waals surface area contributed by atoms with Crippen LogP contribution in [0, 0.1) is 0 Å². The van der Waals surface area contributed by atoms with Crippen molar-refractivity contribution in [1.82, 2.24) is 0 Å². The largest absolute Gasteiger partial charge is 0.365 e. The third kappa shape index (κ3) is 2.68. The maximum atomic E-state index is 9.68. The van der Waals surface area contributed by atoms with Crippen molar-refractivity contribution in [3.63, 3.8) is 0 Å². The molecule has 1 aliphatic heterocycles. The highest BCUT2D eigenvalue weighted by atomic mass is 28.3. The monoisotopic (exact) mass is 248 g/mol. The van der Waals surface area contributed by atoms with Crippen molar-refractivity contribution in [1.29, 1.82) is 0 Å². The first kappa shape index (κ1) is 12.6. The van der Waals surface area contributed by atoms with Gasteiger partial charge in [0.1, 0.15) is 8.07 Å². The van der Waals surface area contributed by atoms with Crippen LogP contribution in [0.2, 0.25) is 13.1 Å². The maximum absolute atomic E-state index is 9.68. The van der Waals surface area contributed by atoms with Crippen LogP contribution in [0.15, 0.2) is 41.6 Å². The van der Waals surface area contributed by atoms with E-state index in [1.165, 1.54) is 10.4 Å². The van der Waals surface area contributed by atoms with E-state index in [2.05, 4.69) is 37.4 Å². The van der Waals surface area contributed by atoms with Gasteiger partial charge in [-0.3, -0.25) is 0 Å². The Bertz CT molecular complexity index is 411. The van der Waals surface area contributed by atoms with Crippen LogP contribution in [0.5, 0.6) is 0 Å². The maximum Gasteiger partial charge on any atom is 0.174 e. The van der Waals surface area contributed by atoms with Crippen LogP contribution < -0.4 is 5.19 Å². The Morgan fingerprint density at radius 3 is 2.47 bits per heavy atom. The molecule has 17 heavy (non-hydrogen) atoms. The lowest BCUT2D eigenvalue weighted by Gasteiger charge is -2.33. The second-order valence-corrected chi connectivity index (χ2v) is 9.69. The second-order valence-electron chi connectivity index (χ2n) is 5.22. The zero-order valence-corrected chi connectivity index (χ0v) is 11.7. The number of aliphatic hydroxyl groups excluding tert-OH is 1. The summed E-state index contributed by atoms with van der Waals surface area (Å²) in [6.45, 7) is 6.68. The Morgan fingerprint density at radius 1 is 1.24 bits per heavy atom. The van der Waals surface area contributed by atoms with Gasteiger partial charge in [-0.05, 0) is 19.4 Å². The van der Waals surface area contributed by atoms with Crippen LogP contribution in [0.3, 0.4) is 0 Å². The fourth-order valence-electron chi connectivity index (χ4n) is 2.38. The molecule has 0 bridgehead atoms. The summed E-state index contributed by atoms with van der Waals surface area (Å²) in [6.07, 6.45) is 2.22. The minimum absolute atomic E-state index is 0.112. The molecule has 0 radical (unpaired) electrons. The molecule has 0 saturated carbocycles. The average Bonchev–Trinajstić information content (AvgIpc) is 2.29. The molecule has 0 unspecified atom stereocenters. The number of rotatable bonds is 2. The second kappa shape index (κ2) is 4.76. The molecule has 0 amide bonds. The molecule has 0 spiro atoms. The van der Waals surface area contributed by atoms with E-state index in [4.69, 9.17) is 4.74 Å². The Balaban J connectivity index is 2.32. The summed E-state index contributed by atoms with van der Waals surface area (Å²) in [6, 6.07) is 10.6. The summed E-state index contributed by atoms with van der Waals surface area (Å²) < 4.78 is 5.35. The van der Waals surface area contributed by atoms with E-state index in [0.29, 0.717) is 0 Å². The van der Waals surface area contributed by atoms with Crippen molar-refractivity contribution in [2.45, 2.75) is 38.8 Å². The molecular formula is C14H20O2Si. The smallest absolute Gasteiger partial charge is 0.174 e. The van der Waals surface area contributed by atoms with Gasteiger partial charge in [0.15, 0.2) is 6.29 Å². The standard InChI is InChI=1S/C14H20O2Si/c1-11-9-13(10-14(15)16-11)17(2,3)12-7-5-4-6-8-12/h4-8,10-11,14-15H,9H2,1-3H3/t11-,14-/m1/s1. The fraction of sp³-hybridized carbons (Fsp3) is 0.429. The molecule has 0 aromatic heterocycles. The van der Waals surface area contributed by atoms with Gasteiger partial charge in [0, 0.05) is 0 Å². The molecule has 1 heterocycles. The zero-order valence-electron chi connectivity index (χ0n) is 10.7. The molecule has 1 N–H and O–H groups in total. The zero-order chi connectivity index (χ0) is 12.5. The first-order valence-corrected chi connectivity index (χ1v) is 9.10. The molecule has 1 aromatic carbocycles. The molecule has 0 aliphatic carbocycles. The summed E-state index contributed by atoms with van der Waals surface area (Å²) in [5.41, 5.74) is 0.